The van der Waals surface area contributed by atoms with Crippen molar-refractivity contribution >= 4 is 44.5 Å². The summed E-state index contributed by atoms with van der Waals surface area (Å²) in [6.45, 7) is 0. The van der Waals surface area contributed by atoms with E-state index in [2.05, 4.69) is 21.2 Å². The average Bonchev–Trinajstić information content (AvgIpc) is 2.41. The monoisotopic (exact) mass is 360 g/mol. The molecule has 0 amide bonds. The first-order valence-corrected chi connectivity index (χ1v) is 6.60. The summed E-state index contributed by atoms with van der Waals surface area (Å²) in [6.07, 6.45) is 0. The smallest absolute Gasteiger partial charge is 0.196 e. The van der Waals surface area contributed by atoms with Crippen LogP contribution >= 0.6 is 28.1 Å². The lowest BCUT2D eigenvalue weighted by Crippen LogP contribution is -2.12. The zero-order chi connectivity index (χ0) is 14.9. The quantitative estimate of drug-likeness (QED) is 0.634. The van der Waals surface area contributed by atoms with Crippen LogP contribution in [-0.4, -0.2) is 4.99 Å². The normalized spacial score (nSPS) is 10.4. The van der Waals surface area contributed by atoms with E-state index >= 15 is 0 Å². The van der Waals surface area contributed by atoms with Crippen LogP contribution in [-0.2, 0) is 0 Å². The Morgan fingerprint density at radius 1 is 1.05 bits per heavy atom. The molecule has 3 N–H and O–H groups in total. The Labute approximate surface area is 126 Å². The highest BCUT2D eigenvalue weighted by atomic mass is 79.9. The molecule has 104 valence electrons. The summed E-state index contributed by atoms with van der Waals surface area (Å²) in [4.78, 5) is 0.0943. The number of thiocarbonyl (C=S) groups is 1. The van der Waals surface area contributed by atoms with Crippen LogP contribution in [0.15, 0.2) is 34.8 Å². The van der Waals surface area contributed by atoms with Crippen molar-refractivity contribution in [1.82, 2.24) is 0 Å². The van der Waals surface area contributed by atoms with Gasteiger partial charge in [-0.05, 0) is 30.3 Å². The Hall–Kier alpha value is -1.60. The molecule has 2 aromatic rings. The van der Waals surface area contributed by atoms with Gasteiger partial charge in [0, 0.05) is 15.7 Å². The molecule has 0 unspecified atom stereocenters. The Balaban J connectivity index is 2.45. The number of hydrogen-bond donors (Lipinski definition) is 2. The van der Waals surface area contributed by atoms with Gasteiger partial charge in [-0.15, -0.1) is 0 Å². The van der Waals surface area contributed by atoms with Gasteiger partial charge >= 0.3 is 0 Å². The number of benzene rings is 2. The molecule has 2 rings (SSSR count). The zero-order valence-corrected chi connectivity index (χ0v) is 12.3. The van der Waals surface area contributed by atoms with Gasteiger partial charge in [-0.25, -0.2) is 13.2 Å². The molecule has 0 atom stereocenters. The minimum Gasteiger partial charge on any atom is -0.389 e. The Morgan fingerprint density at radius 3 is 2.35 bits per heavy atom. The summed E-state index contributed by atoms with van der Waals surface area (Å²) in [5.74, 6) is -4.09. The van der Waals surface area contributed by atoms with E-state index in [9.17, 15) is 13.2 Å². The fourth-order valence-electron chi connectivity index (χ4n) is 1.60. The summed E-state index contributed by atoms with van der Waals surface area (Å²) < 4.78 is 40.4. The molecule has 7 heteroatoms. The largest absolute Gasteiger partial charge is 0.389 e. The van der Waals surface area contributed by atoms with Gasteiger partial charge in [-0.1, -0.05) is 28.1 Å². The van der Waals surface area contributed by atoms with Crippen molar-refractivity contribution in [3.05, 3.63) is 57.8 Å². The van der Waals surface area contributed by atoms with Crippen molar-refractivity contribution in [3.63, 3.8) is 0 Å². The molecule has 0 saturated heterocycles. The lowest BCUT2D eigenvalue weighted by atomic mass is 10.1. The summed E-state index contributed by atoms with van der Waals surface area (Å²) >= 11 is 8.15. The van der Waals surface area contributed by atoms with E-state index in [4.69, 9.17) is 18.0 Å². The summed E-state index contributed by atoms with van der Waals surface area (Å²) in [5.41, 5.74) is 6.22. The highest BCUT2D eigenvalue weighted by Crippen LogP contribution is 2.27. The molecule has 0 saturated carbocycles. The summed E-state index contributed by atoms with van der Waals surface area (Å²) in [7, 11) is 0. The Morgan fingerprint density at radius 2 is 1.70 bits per heavy atom. The summed E-state index contributed by atoms with van der Waals surface area (Å²) in [6, 6.07) is 6.85. The summed E-state index contributed by atoms with van der Waals surface area (Å²) in [5, 5.41) is 2.65. The second-order valence-electron chi connectivity index (χ2n) is 3.90. The number of nitrogens with one attached hydrogen (secondary N) is 1. The maximum absolute atomic E-state index is 13.6. The molecule has 0 radical (unpaired) electrons. The molecule has 0 bridgehead atoms. The van der Waals surface area contributed by atoms with Crippen molar-refractivity contribution in [2.24, 2.45) is 5.73 Å². The van der Waals surface area contributed by atoms with E-state index in [0.29, 0.717) is 11.3 Å². The van der Waals surface area contributed by atoms with Gasteiger partial charge in [0.15, 0.2) is 17.5 Å². The van der Waals surface area contributed by atoms with Crippen molar-refractivity contribution in [2.75, 3.05) is 5.32 Å². The van der Waals surface area contributed by atoms with Crippen LogP contribution in [0.5, 0.6) is 0 Å². The fraction of sp³-hybridized carbons (Fsp3) is 0. The van der Waals surface area contributed by atoms with Gasteiger partial charge in [0.05, 0.1) is 5.69 Å². The molecule has 0 aliphatic heterocycles. The Kier molecular flexibility index (Phi) is 4.29. The van der Waals surface area contributed by atoms with Gasteiger partial charge in [0.2, 0.25) is 0 Å². The molecule has 0 heterocycles. The average molecular weight is 361 g/mol. The van der Waals surface area contributed by atoms with Crippen molar-refractivity contribution in [1.29, 1.82) is 0 Å². The number of hydrogen-bond acceptors (Lipinski definition) is 2. The number of nitrogens with two attached hydrogens (primary N) is 1. The molecule has 0 spiro atoms. The van der Waals surface area contributed by atoms with E-state index in [1.807, 2.05) is 0 Å². The molecule has 0 aromatic heterocycles. The van der Waals surface area contributed by atoms with E-state index in [-0.39, 0.29) is 10.7 Å². The lowest BCUT2D eigenvalue weighted by molar-refractivity contribution is 0.449. The van der Waals surface area contributed by atoms with E-state index in [1.165, 1.54) is 0 Å². The molecule has 0 aliphatic carbocycles. The molecule has 2 aromatic carbocycles. The first-order valence-electron chi connectivity index (χ1n) is 5.40. The topological polar surface area (TPSA) is 38.0 Å². The van der Waals surface area contributed by atoms with E-state index in [0.717, 1.165) is 16.6 Å². The van der Waals surface area contributed by atoms with Crippen LogP contribution in [0, 0.1) is 17.5 Å². The highest BCUT2D eigenvalue weighted by Gasteiger charge is 2.15. The minimum absolute atomic E-state index is 0.0943. The molecule has 0 fully saturated rings. The van der Waals surface area contributed by atoms with Crippen LogP contribution in [0.25, 0.3) is 0 Å². The third-order valence-corrected chi connectivity index (χ3v) is 3.26. The van der Waals surface area contributed by atoms with Crippen LogP contribution in [0.4, 0.5) is 24.5 Å². The van der Waals surface area contributed by atoms with Gasteiger partial charge in [-0.3, -0.25) is 0 Å². The maximum Gasteiger partial charge on any atom is 0.196 e. The SMILES string of the molecule is NC(=S)c1cc(Br)ccc1Nc1ccc(F)c(F)c1F. The third kappa shape index (κ3) is 2.94. The first kappa shape index (κ1) is 14.8. The molecular formula is C13H8BrF3N2S. The second kappa shape index (κ2) is 5.80. The number of anilines is 2. The standard InChI is InChI=1S/C13H8BrF3N2S/c14-6-1-3-9(7(5-6)13(18)20)19-10-4-2-8(15)11(16)12(10)17/h1-5,19H,(H2,18,20). The van der Waals surface area contributed by atoms with Gasteiger partial charge in [0.25, 0.3) is 0 Å². The van der Waals surface area contributed by atoms with Crippen LogP contribution < -0.4 is 11.1 Å². The zero-order valence-electron chi connectivity index (χ0n) is 9.88. The van der Waals surface area contributed by atoms with Crippen molar-refractivity contribution in [2.45, 2.75) is 0 Å². The van der Waals surface area contributed by atoms with Crippen LogP contribution in [0.1, 0.15) is 5.56 Å². The maximum atomic E-state index is 13.6. The molecule has 2 nitrogen and oxygen atoms in total. The lowest BCUT2D eigenvalue weighted by Gasteiger charge is -2.12. The van der Waals surface area contributed by atoms with Crippen LogP contribution in [0.2, 0.25) is 0 Å². The number of rotatable bonds is 3. The van der Waals surface area contributed by atoms with Gasteiger partial charge in [0.1, 0.15) is 4.99 Å². The number of halogens is 4. The van der Waals surface area contributed by atoms with Gasteiger partial charge < -0.3 is 11.1 Å². The van der Waals surface area contributed by atoms with Crippen molar-refractivity contribution in [3.8, 4) is 0 Å². The Bertz CT molecular complexity index is 692. The van der Waals surface area contributed by atoms with Crippen LogP contribution in [0.3, 0.4) is 0 Å². The second-order valence-corrected chi connectivity index (χ2v) is 5.26. The highest BCUT2D eigenvalue weighted by molar-refractivity contribution is 9.10. The predicted octanol–water partition coefficient (Wildman–Crippen LogP) is 4.24. The first-order chi connectivity index (χ1) is 9.40. The van der Waals surface area contributed by atoms with Gasteiger partial charge in [-0.2, -0.15) is 0 Å². The fourth-order valence-corrected chi connectivity index (χ4v) is 2.13. The molecule has 20 heavy (non-hydrogen) atoms. The van der Waals surface area contributed by atoms with E-state index in [1.54, 1.807) is 18.2 Å². The minimum atomic E-state index is -1.54. The molecular weight excluding hydrogens is 353 g/mol. The third-order valence-electron chi connectivity index (χ3n) is 2.55. The predicted molar refractivity (Wildman–Crippen MR) is 79.6 cm³/mol. The van der Waals surface area contributed by atoms with E-state index < -0.39 is 17.5 Å². The van der Waals surface area contributed by atoms with Crippen molar-refractivity contribution < 1.29 is 13.2 Å². The molecule has 0 aliphatic rings.